The molecule has 2 aromatic heterocycles. The number of aromatic nitrogens is 3. The van der Waals surface area contributed by atoms with Crippen LogP contribution in [0.3, 0.4) is 0 Å². The van der Waals surface area contributed by atoms with Gasteiger partial charge < -0.3 is 4.57 Å². The van der Waals surface area contributed by atoms with Crippen molar-refractivity contribution in [3.63, 3.8) is 0 Å². The first-order valence-corrected chi connectivity index (χ1v) is 4.18. The number of aryl methyl sites for hydroxylation is 2. The zero-order valence-corrected chi connectivity index (χ0v) is 7.73. The molecule has 2 heterocycles. The van der Waals surface area contributed by atoms with Gasteiger partial charge in [-0.3, -0.25) is 4.98 Å². The van der Waals surface area contributed by atoms with Crippen molar-refractivity contribution < 1.29 is 0 Å². The summed E-state index contributed by atoms with van der Waals surface area (Å²) in [5.74, 6) is 1.01. The van der Waals surface area contributed by atoms with Crippen LogP contribution in [0, 0.1) is 6.92 Å². The molecule has 0 aliphatic carbocycles. The molecular formula is C10H11N3. The van der Waals surface area contributed by atoms with Gasteiger partial charge in [0.2, 0.25) is 0 Å². The van der Waals surface area contributed by atoms with Crippen LogP contribution >= 0.6 is 0 Å². The number of nitrogens with zero attached hydrogens (tertiary/aromatic N) is 3. The summed E-state index contributed by atoms with van der Waals surface area (Å²) in [7, 11) is 1.99. The van der Waals surface area contributed by atoms with E-state index in [0.717, 1.165) is 17.1 Å². The molecule has 0 fully saturated rings. The van der Waals surface area contributed by atoms with Gasteiger partial charge in [0.05, 0.1) is 5.69 Å². The molecule has 0 aliphatic rings. The number of imidazole rings is 1. The van der Waals surface area contributed by atoms with Crippen LogP contribution < -0.4 is 0 Å². The van der Waals surface area contributed by atoms with Crippen molar-refractivity contribution in [3.8, 4) is 11.3 Å². The van der Waals surface area contributed by atoms with Crippen molar-refractivity contribution in [1.82, 2.24) is 14.5 Å². The zero-order chi connectivity index (χ0) is 9.26. The molecule has 0 saturated heterocycles. The maximum atomic E-state index is 4.40. The van der Waals surface area contributed by atoms with Crippen molar-refractivity contribution in [3.05, 3.63) is 36.5 Å². The van der Waals surface area contributed by atoms with Gasteiger partial charge >= 0.3 is 0 Å². The summed E-state index contributed by atoms with van der Waals surface area (Å²) in [5.41, 5.74) is 2.04. The Balaban J connectivity index is 2.48. The van der Waals surface area contributed by atoms with E-state index in [1.807, 2.05) is 43.1 Å². The monoisotopic (exact) mass is 173 g/mol. The lowest BCUT2D eigenvalue weighted by Gasteiger charge is -1.92. The molecule has 0 bridgehead atoms. The van der Waals surface area contributed by atoms with Crippen LogP contribution in [0.1, 0.15) is 5.82 Å². The van der Waals surface area contributed by atoms with Crippen molar-refractivity contribution in [2.75, 3.05) is 0 Å². The van der Waals surface area contributed by atoms with Crippen LogP contribution in [0.5, 0.6) is 0 Å². The Hall–Kier alpha value is -1.64. The fraction of sp³-hybridized carbons (Fsp3) is 0.200. The van der Waals surface area contributed by atoms with Crippen LogP contribution in [0.2, 0.25) is 0 Å². The van der Waals surface area contributed by atoms with E-state index < -0.39 is 0 Å². The highest BCUT2D eigenvalue weighted by molar-refractivity contribution is 5.56. The molecule has 0 N–H and O–H groups in total. The molecule has 0 atom stereocenters. The molecule has 2 rings (SSSR count). The average Bonchev–Trinajstić information content (AvgIpc) is 2.49. The SMILES string of the molecule is Cc1nc(-c2cccnc2)cn1C. The lowest BCUT2D eigenvalue weighted by Crippen LogP contribution is -1.86. The summed E-state index contributed by atoms with van der Waals surface area (Å²) in [4.78, 5) is 8.45. The molecule has 13 heavy (non-hydrogen) atoms. The average molecular weight is 173 g/mol. The van der Waals surface area contributed by atoms with E-state index in [1.54, 1.807) is 6.20 Å². The Kier molecular flexibility index (Phi) is 1.85. The first kappa shape index (κ1) is 7.98. The third kappa shape index (κ3) is 1.45. The van der Waals surface area contributed by atoms with Crippen molar-refractivity contribution in [2.24, 2.45) is 7.05 Å². The number of hydrogen-bond acceptors (Lipinski definition) is 2. The van der Waals surface area contributed by atoms with E-state index in [9.17, 15) is 0 Å². The molecule has 0 amide bonds. The van der Waals surface area contributed by atoms with Gasteiger partial charge in [-0.1, -0.05) is 0 Å². The molecule has 0 radical (unpaired) electrons. The molecule has 3 nitrogen and oxygen atoms in total. The Bertz CT molecular complexity index is 384. The lowest BCUT2D eigenvalue weighted by molar-refractivity contribution is 0.858. The summed E-state index contributed by atoms with van der Waals surface area (Å²) in [5, 5.41) is 0. The number of pyridine rings is 1. The third-order valence-corrected chi connectivity index (χ3v) is 2.07. The maximum Gasteiger partial charge on any atom is 0.105 e. The number of rotatable bonds is 1. The zero-order valence-electron chi connectivity index (χ0n) is 7.73. The molecule has 0 spiro atoms. The van der Waals surface area contributed by atoms with Gasteiger partial charge in [-0.2, -0.15) is 0 Å². The topological polar surface area (TPSA) is 30.7 Å². The van der Waals surface area contributed by atoms with E-state index in [-0.39, 0.29) is 0 Å². The molecule has 3 heteroatoms. The predicted molar refractivity (Wildman–Crippen MR) is 51.2 cm³/mol. The van der Waals surface area contributed by atoms with E-state index in [4.69, 9.17) is 0 Å². The molecule has 2 aromatic rings. The minimum Gasteiger partial charge on any atom is -0.338 e. The summed E-state index contributed by atoms with van der Waals surface area (Å²) >= 11 is 0. The smallest absolute Gasteiger partial charge is 0.105 e. The van der Waals surface area contributed by atoms with Crippen LogP contribution in [0.4, 0.5) is 0 Å². The highest BCUT2D eigenvalue weighted by atomic mass is 15.0. The second-order valence-corrected chi connectivity index (χ2v) is 3.03. The third-order valence-electron chi connectivity index (χ3n) is 2.07. The van der Waals surface area contributed by atoms with Gasteiger partial charge in [0, 0.05) is 31.2 Å². The van der Waals surface area contributed by atoms with Gasteiger partial charge in [-0.15, -0.1) is 0 Å². The van der Waals surface area contributed by atoms with E-state index in [1.165, 1.54) is 0 Å². The van der Waals surface area contributed by atoms with Crippen LogP contribution in [-0.2, 0) is 7.05 Å². The van der Waals surface area contributed by atoms with E-state index in [2.05, 4.69) is 9.97 Å². The first-order chi connectivity index (χ1) is 6.27. The normalized spacial score (nSPS) is 10.3. The Morgan fingerprint density at radius 3 is 2.77 bits per heavy atom. The summed E-state index contributed by atoms with van der Waals surface area (Å²) in [6.45, 7) is 1.99. The molecule has 66 valence electrons. The van der Waals surface area contributed by atoms with Gasteiger partial charge in [0.25, 0.3) is 0 Å². The van der Waals surface area contributed by atoms with Crippen molar-refractivity contribution in [2.45, 2.75) is 6.92 Å². The molecule has 0 unspecified atom stereocenters. The summed E-state index contributed by atoms with van der Waals surface area (Å²) < 4.78 is 2.00. The second-order valence-electron chi connectivity index (χ2n) is 3.03. The minimum absolute atomic E-state index is 0.980. The van der Waals surface area contributed by atoms with Gasteiger partial charge in [0.15, 0.2) is 0 Å². The van der Waals surface area contributed by atoms with Crippen LogP contribution in [0.25, 0.3) is 11.3 Å². The maximum absolute atomic E-state index is 4.40. The second kappa shape index (κ2) is 3.01. The largest absolute Gasteiger partial charge is 0.338 e. The van der Waals surface area contributed by atoms with Gasteiger partial charge in [0.1, 0.15) is 5.82 Å². The lowest BCUT2D eigenvalue weighted by atomic mass is 10.2. The first-order valence-electron chi connectivity index (χ1n) is 4.18. The van der Waals surface area contributed by atoms with E-state index in [0.29, 0.717) is 0 Å². The molecular weight excluding hydrogens is 162 g/mol. The van der Waals surface area contributed by atoms with Crippen LogP contribution in [0.15, 0.2) is 30.7 Å². The highest BCUT2D eigenvalue weighted by Gasteiger charge is 2.02. The van der Waals surface area contributed by atoms with Crippen molar-refractivity contribution >= 4 is 0 Å². The molecule has 0 aliphatic heterocycles. The summed E-state index contributed by atoms with van der Waals surface area (Å²) in [6, 6.07) is 3.92. The van der Waals surface area contributed by atoms with Gasteiger partial charge in [-0.25, -0.2) is 4.98 Å². The fourth-order valence-electron chi connectivity index (χ4n) is 1.21. The Labute approximate surface area is 77.1 Å². The Morgan fingerprint density at radius 2 is 2.23 bits per heavy atom. The van der Waals surface area contributed by atoms with Crippen LogP contribution in [-0.4, -0.2) is 14.5 Å². The number of hydrogen-bond donors (Lipinski definition) is 0. The highest BCUT2D eigenvalue weighted by Crippen LogP contribution is 2.15. The minimum atomic E-state index is 0.980. The predicted octanol–water partition coefficient (Wildman–Crippen LogP) is 1.79. The summed E-state index contributed by atoms with van der Waals surface area (Å²) in [6.07, 6.45) is 5.59. The Morgan fingerprint density at radius 1 is 1.38 bits per heavy atom. The molecule has 0 saturated carbocycles. The van der Waals surface area contributed by atoms with Gasteiger partial charge in [-0.05, 0) is 19.1 Å². The quantitative estimate of drug-likeness (QED) is 0.658. The molecule has 0 aromatic carbocycles. The fourth-order valence-corrected chi connectivity index (χ4v) is 1.21. The van der Waals surface area contributed by atoms with Crippen molar-refractivity contribution in [1.29, 1.82) is 0 Å². The standard InChI is InChI=1S/C10H11N3/c1-8-12-10(7-13(8)2)9-4-3-5-11-6-9/h3-7H,1-2H3. The van der Waals surface area contributed by atoms with E-state index >= 15 is 0 Å².